The van der Waals surface area contributed by atoms with Gasteiger partial charge in [-0.15, -0.1) is 0 Å². The average Bonchev–Trinajstić information content (AvgIpc) is 2.77. The number of carbonyl (C=O) groups excluding carboxylic acids is 2. The Hall–Kier alpha value is -2.66. The van der Waals surface area contributed by atoms with Crippen molar-refractivity contribution in [3.63, 3.8) is 0 Å². The van der Waals surface area contributed by atoms with Crippen LogP contribution in [0.25, 0.3) is 0 Å². The van der Waals surface area contributed by atoms with E-state index in [0.717, 1.165) is 0 Å². The van der Waals surface area contributed by atoms with Crippen LogP contribution in [0.2, 0.25) is 0 Å². The van der Waals surface area contributed by atoms with Crippen molar-refractivity contribution in [3.8, 4) is 11.5 Å². The fourth-order valence-electron chi connectivity index (χ4n) is 2.71. The van der Waals surface area contributed by atoms with Crippen molar-refractivity contribution in [1.29, 1.82) is 0 Å². The minimum atomic E-state index is -2.29. The normalized spacial score (nSPS) is 15.6. The highest BCUT2D eigenvalue weighted by Gasteiger charge is 2.54. The Balaban J connectivity index is 2.24. The highest BCUT2D eigenvalue weighted by atomic mass is 16.5. The Bertz CT molecular complexity index is 743. The molecule has 2 aromatic rings. The Kier molecular flexibility index (Phi) is 3.22. The lowest BCUT2D eigenvalue weighted by molar-refractivity contribution is 0.0312. The van der Waals surface area contributed by atoms with Crippen LogP contribution in [0.4, 0.5) is 0 Å². The third-order valence-corrected chi connectivity index (χ3v) is 3.87. The summed E-state index contributed by atoms with van der Waals surface area (Å²) in [4.78, 5) is 25.3. The van der Waals surface area contributed by atoms with Crippen LogP contribution in [-0.2, 0) is 5.60 Å². The van der Waals surface area contributed by atoms with E-state index in [1.807, 2.05) is 0 Å². The number of ether oxygens (including phenoxy) is 2. The summed E-state index contributed by atoms with van der Waals surface area (Å²) in [6, 6.07) is 11.0. The van der Waals surface area contributed by atoms with Crippen LogP contribution in [0.3, 0.4) is 0 Å². The molecule has 0 atom stereocenters. The molecule has 1 aliphatic rings. The monoisotopic (exact) mass is 298 g/mol. The number of rotatable bonds is 3. The molecule has 3 rings (SSSR count). The van der Waals surface area contributed by atoms with Gasteiger partial charge in [0.05, 0.1) is 14.2 Å². The van der Waals surface area contributed by atoms with Crippen molar-refractivity contribution in [2.45, 2.75) is 5.60 Å². The van der Waals surface area contributed by atoms with E-state index >= 15 is 0 Å². The summed E-state index contributed by atoms with van der Waals surface area (Å²) >= 11 is 0. The Morgan fingerprint density at radius 2 is 1.50 bits per heavy atom. The third kappa shape index (κ3) is 1.76. The van der Waals surface area contributed by atoms with Crippen LogP contribution < -0.4 is 9.47 Å². The van der Waals surface area contributed by atoms with E-state index in [2.05, 4.69) is 0 Å². The molecule has 0 aromatic heterocycles. The molecule has 0 saturated heterocycles. The lowest BCUT2D eigenvalue weighted by Crippen LogP contribution is -2.38. The molecule has 0 saturated carbocycles. The number of aliphatic hydroxyl groups is 1. The number of ketones is 2. The maximum absolute atomic E-state index is 12.6. The molecule has 0 radical (unpaired) electrons. The van der Waals surface area contributed by atoms with Gasteiger partial charge in [0.2, 0.25) is 17.2 Å². The molecule has 2 aromatic carbocycles. The minimum absolute atomic E-state index is 0.0838. The second kappa shape index (κ2) is 4.96. The standard InChI is InChI=1S/C17H14O5/c1-21-10-7-8-14(22-2)13(9-10)17(20)15(18)11-5-3-4-6-12(11)16(17)19/h3-9,20H,1-2H3. The van der Waals surface area contributed by atoms with Crippen molar-refractivity contribution < 1.29 is 24.2 Å². The van der Waals surface area contributed by atoms with Crippen molar-refractivity contribution in [2.24, 2.45) is 0 Å². The average molecular weight is 298 g/mol. The van der Waals surface area contributed by atoms with E-state index in [1.54, 1.807) is 24.3 Å². The van der Waals surface area contributed by atoms with Crippen molar-refractivity contribution >= 4 is 11.6 Å². The van der Waals surface area contributed by atoms with Crippen molar-refractivity contribution in [1.82, 2.24) is 0 Å². The highest BCUT2D eigenvalue weighted by molar-refractivity contribution is 6.32. The quantitative estimate of drug-likeness (QED) is 0.877. The maximum atomic E-state index is 12.6. The molecule has 0 bridgehead atoms. The smallest absolute Gasteiger partial charge is 0.220 e. The zero-order valence-electron chi connectivity index (χ0n) is 12.1. The molecule has 0 spiro atoms. The predicted molar refractivity (Wildman–Crippen MR) is 78.5 cm³/mol. The first kappa shape index (κ1) is 14.3. The number of benzene rings is 2. The van der Waals surface area contributed by atoms with Crippen LogP contribution in [0.1, 0.15) is 26.3 Å². The summed E-state index contributed by atoms with van der Waals surface area (Å²) < 4.78 is 10.3. The lowest BCUT2D eigenvalue weighted by atomic mass is 9.88. The zero-order chi connectivity index (χ0) is 15.9. The number of carbonyl (C=O) groups is 2. The second-order valence-electron chi connectivity index (χ2n) is 4.98. The van der Waals surface area contributed by atoms with Gasteiger partial charge >= 0.3 is 0 Å². The van der Waals surface area contributed by atoms with E-state index in [4.69, 9.17) is 9.47 Å². The molecular formula is C17H14O5. The minimum Gasteiger partial charge on any atom is -0.497 e. The van der Waals surface area contributed by atoms with Crippen LogP contribution in [-0.4, -0.2) is 30.9 Å². The predicted octanol–water partition coefficient (Wildman–Crippen LogP) is 1.97. The van der Waals surface area contributed by atoms with Gasteiger partial charge in [0, 0.05) is 16.7 Å². The van der Waals surface area contributed by atoms with Gasteiger partial charge in [0.25, 0.3) is 0 Å². The summed E-state index contributed by atoms with van der Waals surface area (Å²) in [6.45, 7) is 0. The Morgan fingerprint density at radius 3 is 2.00 bits per heavy atom. The lowest BCUT2D eigenvalue weighted by Gasteiger charge is -2.22. The first-order valence-electron chi connectivity index (χ1n) is 6.67. The van der Waals surface area contributed by atoms with E-state index < -0.39 is 17.2 Å². The number of fused-ring (bicyclic) bond motifs is 1. The first-order valence-corrected chi connectivity index (χ1v) is 6.67. The summed E-state index contributed by atoms with van der Waals surface area (Å²) in [5, 5.41) is 10.9. The molecular weight excluding hydrogens is 284 g/mol. The maximum Gasteiger partial charge on any atom is 0.220 e. The van der Waals surface area contributed by atoms with E-state index in [0.29, 0.717) is 5.75 Å². The first-order chi connectivity index (χ1) is 10.5. The number of methoxy groups -OCH3 is 2. The van der Waals surface area contributed by atoms with E-state index in [1.165, 1.54) is 32.4 Å². The Morgan fingerprint density at radius 1 is 0.909 bits per heavy atom. The molecule has 22 heavy (non-hydrogen) atoms. The van der Waals surface area contributed by atoms with Gasteiger partial charge in [0.1, 0.15) is 11.5 Å². The van der Waals surface area contributed by atoms with Crippen LogP contribution in [0.5, 0.6) is 11.5 Å². The fourth-order valence-corrected chi connectivity index (χ4v) is 2.71. The molecule has 1 N–H and O–H groups in total. The second-order valence-corrected chi connectivity index (χ2v) is 4.98. The van der Waals surface area contributed by atoms with Gasteiger partial charge in [-0.25, -0.2) is 0 Å². The molecule has 5 nitrogen and oxygen atoms in total. The summed E-state index contributed by atoms with van der Waals surface area (Å²) in [7, 11) is 2.87. The van der Waals surface area contributed by atoms with Gasteiger partial charge in [-0.1, -0.05) is 24.3 Å². The molecule has 0 amide bonds. The molecule has 0 aliphatic heterocycles. The highest BCUT2D eigenvalue weighted by Crippen LogP contribution is 2.42. The summed E-state index contributed by atoms with van der Waals surface area (Å²) in [6.07, 6.45) is 0. The van der Waals surface area contributed by atoms with Gasteiger partial charge in [-0.3, -0.25) is 9.59 Å². The van der Waals surface area contributed by atoms with Gasteiger partial charge in [-0.05, 0) is 18.2 Å². The SMILES string of the molecule is COc1ccc(OC)c(C2(O)C(=O)c3ccccc3C2=O)c1. The van der Waals surface area contributed by atoms with Gasteiger partial charge in [-0.2, -0.15) is 0 Å². The molecule has 0 fully saturated rings. The summed E-state index contributed by atoms with van der Waals surface area (Å²) in [5.41, 5.74) is -1.79. The zero-order valence-corrected chi connectivity index (χ0v) is 12.1. The largest absolute Gasteiger partial charge is 0.497 e. The third-order valence-electron chi connectivity index (χ3n) is 3.87. The van der Waals surface area contributed by atoms with Gasteiger partial charge < -0.3 is 14.6 Å². The Labute approximate surface area is 127 Å². The topological polar surface area (TPSA) is 72.8 Å². The van der Waals surface area contributed by atoms with Crippen LogP contribution >= 0.6 is 0 Å². The van der Waals surface area contributed by atoms with Crippen LogP contribution in [0.15, 0.2) is 42.5 Å². The van der Waals surface area contributed by atoms with Crippen molar-refractivity contribution in [2.75, 3.05) is 14.2 Å². The number of hydrogen-bond acceptors (Lipinski definition) is 5. The fraction of sp³-hybridized carbons (Fsp3) is 0.176. The molecule has 5 heteroatoms. The van der Waals surface area contributed by atoms with Gasteiger partial charge in [0.15, 0.2) is 0 Å². The van der Waals surface area contributed by atoms with E-state index in [-0.39, 0.29) is 22.4 Å². The van der Waals surface area contributed by atoms with Crippen LogP contribution in [0, 0.1) is 0 Å². The summed E-state index contributed by atoms with van der Waals surface area (Å²) in [5.74, 6) is -0.641. The van der Waals surface area contributed by atoms with Crippen molar-refractivity contribution in [3.05, 3.63) is 59.2 Å². The van der Waals surface area contributed by atoms with E-state index in [9.17, 15) is 14.7 Å². The number of hydrogen-bond donors (Lipinski definition) is 1. The molecule has 0 heterocycles. The molecule has 0 unspecified atom stereocenters. The molecule has 1 aliphatic carbocycles. The molecule has 112 valence electrons. The number of Topliss-reactive ketones (excluding diaryl/α,β-unsaturated/α-hetero) is 2.